The number of nitrogens with zero attached hydrogens (tertiary/aromatic N) is 2. The summed E-state index contributed by atoms with van der Waals surface area (Å²) in [4.78, 5) is 0. The topological polar surface area (TPSA) is 47.6 Å². The van der Waals surface area contributed by atoms with Gasteiger partial charge in [0.15, 0.2) is 0 Å². The maximum absolute atomic E-state index is 8.29. The summed E-state index contributed by atoms with van der Waals surface area (Å²) in [6, 6.07) is 22.3. The summed E-state index contributed by atoms with van der Waals surface area (Å²) in [6.07, 6.45) is 1.50. The van der Waals surface area contributed by atoms with Crippen LogP contribution in [0.15, 0.2) is 73.3 Å². The van der Waals surface area contributed by atoms with Crippen LogP contribution in [0.2, 0.25) is 0 Å². The van der Waals surface area contributed by atoms with E-state index in [1.807, 2.05) is 48.5 Å². The summed E-state index contributed by atoms with van der Waals surface area (Å²) < 4.78 is 0. The van der Waals surface area contributed by atoms with E-state index in [1.165, 1.54) is 6.08 Å². The normalized spacial score (nSPS) is 6.95. The average molecular weight is 354 g/mol. The molecular formula is C17H15N2Pd. The molecule has 2 nitrogen and oxygen atoms in total. The van der Waals surface area contributed by atoms with Crippen molar-refractivity contribution in [3.05, 3.63) is 91.4 Å². The van der Waals surface area contributed by atoms with Gasteiger partial charge in [0.2, 0.25) is 0 Å². The minimum atomic E-state index is 0. The van der Waals surface area contributed by atoms with Crippen molar-refractivity contribution < 1.29 is 20.4 Å². The van der Waals surface area contributed by atoms with Crippen LogP contribution in [0.1, 0.15) is 11.1 Å². The van der Waals surface area contributed by atoms with Gasteiger partial charge in [-0.3, -0.25) is 0 Å². The number of rotatable bonds is 0. The van der Waals surface area contributed by atoms with E-state index in [0.29, 0.717) is 11.1 Å². The number of benzene rings is 2. The van der Waals surface area contributed by atoms with Gasteiger partial charge in [0.25, 0.3) is 0 Å². The van der Waals surface area contributed by atoms with Crippen LogP contribution < -0.4 is 0 Å². The van der Waals surface area contributed by atoms with E-state index in [2.05, 4.69) is 13.5 Å². The van der Waals surface area contributed by atoms with Crippen molar-refractivity contribution in [2.75, 3.05) is 0 Å². The first-order valence-corrected chi connectivity index (χ1v) is 5.59. The fourth-order valence-electron chi connectivity index (χ4n) is 1.03. The zero-order valence-corrected chi connectivity index (χ0v) is 12.5. The predicted molar refractivity (Wildman–Crippen MR) is 77.9 cm³/mol. The quantitative estimate of drug-likeness (QED) is 0.669. The molecule has 2 aromatic rings. The molecule has 0 N–H and O–H groups in total. The van der Waals surface area contributed by atoms with Crippen molar-refractivity contribution >= 4 is 0 Å². The molecule has 0 spiro atoms. The Balaban J connectivity index is 0. The molecule has 0 aliphatic heterocycles. The minimum Gasteiger partial charge on any atom is -0.192 e. The van der Waals surface area contributed by atoms with E-state index in [4.69, 9.17) is 10.5 Å². The molecule has 0 saturated heterocycles. The number of hydrogen-bond acceptors (Lipinski definition) is 2. The Labute approximate surface area is 134 Å². The van der Waals surface area contributed by atoms with Crippen LogP contribution in [0, 0.1) is 29.6 Å². The SMILES string of the molecule is N#Cc1ccccc1.N#Cc1ccccc1.[CH2]C=C.[Pd]. The second-order valence-electron chi connectivity index (χ2n) is 3.24. The molecule has 0 aromatic heterocycles. The zero-order chi connectivity index (χ0) is 14.3. The van der Waals surface area contributed by atoms with E-state index in [9.17, 15) is 0 Å². The summed E-state index contributed by atoms with van der Waals surface area (Å²) in [5.41, 5.74) is 1.43. The van der Waals surface area contributed by atoms with Crippen molar-refractivity contribution in [2.45, 2.75) is 0 Å². The van der Waals surface area contributed by atoms with Crippen LogP contribution in [-0.2, 0) is 20.4 Å². The van der Waals surface area contributed by atoms with Crippen molar-refractivity contribution in [3.63, 3.8) is 0 Å². The van der Waals surface area contributed by atoms with Gasteiger partial charge in [-0.05, 0) is 31.2 Å². The summed E-state index contributed by atoms with van der Waals surface area (Å²) >= 11 is 0. The summed E-state index contributed by atoms with van der Waals surface area (Å²) in [7, 11) is 0. The smallest absolute Gasteiger partial charge is 0.0991 e. The standard InChI is InChI=1S/2C7H5N.C3H5.Pd/c2*8-6-7-4-2-1-3-5-7;1-3-2;/h2*1-5H;3H,1-2H2;. The van der Waals surface area contributed by atoms with E-state index in [-0.39, 0.29) is 20.4 Å². The van der Waals surface area contributed by atoms with Crippen LogP contribution in [0.3, 0.4) is 0 Å². The molecule has 2 rings (SSSR count). The molecule has 0 unspecified atom stereocenters. The second kappa shape index (κ2) is 14.9. The Hall–Kier alpha value is -2.18. The van der Waals surface area contributed by atoms with Gasteiger partial charge in [-0.1, -0.05) is 42.5 Å². The van der Waals surface area contributed by atoms with Gasteiger partial charge >= 0.3 is 0 Å². The fourth-order valence-corrected chi connectivity index (χ4v) is 1.03. The minimum absolute atomic E-state index is 0. The Morgan fingerprint density at radius 2 is 1.00 bits per heavy atom. The number of nitriles is 2. The summed E-state index contributed by atoms with van der Waals surface area (Å²) in [5, 5.41) is 16.6. The first-order valence-electron chi connectivity index (χ1n) is 5.59. The number of allylic oxidation sites excluding steroid dienone is 1. The van der Waals surface area contributed by atoms with Gasteiger partial charge < -0.3 is 0 Å². The van der Waals surface area contributed by atoms with E-state index >= 15 is 0 Å². The Kier molecular flexibility index (Phi) is 15.0. The molecule has 1 radical (unpaired) electrons. The molecule has 2 aromatic carbocycles. The molecule has 0 heterocycles. The molecular weight excluding hydrogens is 339 g/mol. The van der Waals surface area contributed by atoms with Gasteiger partial charge in [0.1, 0.15) is 0 Å². The van der Waals surface area contributed by atoms with E-state index in [1.54, 1.807) is 24.3 Å². The van der Waals surface area contributed by atoms with Gasteiger partial charge in [-0.15, -0.1) is 6.58 Å². The predicted octanol–water partition coefficient (Wildman–Crippen LogP) is 4.12. The maximum Gasteiger partial charge on any atom is 0.0991 e. The largest absolute Gasteiger partial charge is 0.192 e. The van der Waals surface area contributed by atoms with Crippen molar-refractivity contribution in [3.8, 4) is 12.1 Å². The van der Waals surface area contributed by atoms with Crippen LogP contribution in [-0.4, -0.2) is 0 Å². The van der Waals surface area contributed by atoms with Crippen LogP contribution >= 0.6 is 0 Å². The van der Waals surface area contributed by atoms with Crippen LogP contribution in [0.5, 0.6) is 0 Å². The monoisotopic (exact) mass is 353 g/mol. The third-order valence-electron chi connectivity index (χ3n) is 1.81. The molecule has 0 amide bonds. The van der Waals surface area contributed by atoms with Crippen molar-refractivity contribution in [2.24, 2.45) is 0 Å². The molecule has 0 saturated carbocycles. The van der Waals surface area contributed by atoms with Gasteiger partial charge in [-0.25, -0.2) is 0 Å². The van der Waals surface area contributed by atoms with Gasteiger partial charge in [0.05, 0.1) is 23.3 Å². The fraction of sp³-hybridized carbons (Fsp3) is 0. The third-order valence-corrected chi connectivity index (χ3v) is 1.81. The number of hydrogen-bond donors (Lipinski definition) is 0. The molecule has 0 atom stereocenters. The van der Waals surface area contributed by atoms with Gasteiger partial charge in [-0.2, -0.15) is 10.5 Å². The summed E-state index contributed by atoms with van der Waals surface area (Å²) in [6.45, 7) is 6.50. The molecule has 0 bridgehead atoms. The average Bonchev–Trinajstić information content (AvgIpc) is 2.50. The first-order chi connectivity index (χ1) is 9.28. The second-order valence-corrected chi connectivity index (χ2v) is 3.24. The first kappa shape index (κ1) is 20.1. The molecule has 0 fully saturated rings. The Bertz CT molecular complexity index is 487. The Morgan fingerprint density at radius 3 is 1.15 bits per heavy atom. The third kappa shape index (κ3) is 10.9. The molecule has 3 heteroatoms. The molecule has 0 aliphatic rings. The molecule has 103 valence electrons. The molecule has 20 heavy (non-hydrogen) atoms. The molecule has 0 aliphatic carbocycles. The van der Waals surface area contributed by atoms with Gasteiger partial charge in [0, 0.05) is 20.4 Å². The zero-order valence-electron chi connectivity index (χ0n) is 11.0. The van der Waals surface area contributed by atoms with E-state index < -0.39 is 0 Å². The van der Waals surface area contributed by atoms with E-state index in [0.717, 1.165) is 0 Å². The van der Waals surface area contributed by atoms with Crippen molar-refractivity contribution in [1.29, 1.82) is 10.5 Å². The summed E-state index contributed by atoms with van der Waals surface area (Å²) in [5.74, 6) is 0. The Morgan fingerprint density at radius 1 is 0.750 bits per heavy atom. The van der Waals surface area contributed by atoms with Crippen molar-refractivity contribution in [1.82, 2.24) is 0 Å². The maximum atomic E-state index is 8.29. The van der Waals surface area contributed by atoms with Crippen LogP contribution in [0.4, 0.5) is 0 Å². The van der Waals surface area contributed by atoms with Crippen LogP contribution in [0.25, 0.3) is 0 Å².